The minimum Gasteiger partial charge on any atom is -0.308 e. The Morgan fingerprint density at radius 2 is 2.38 bits per heavy atom. The number of allylic oxidation sites excluding steroid dienone is 1. The van der Waals surface area contributed by atoms with Crippen LogP contribution in [0.3, 0.4) is 0 Å². The average molecular weight is 281 g/mol. The van der Waals surface area contributed by atoms with E-state index >= 15 is 0 Å². The molecule has 0 amide bonds. The van der Waals surface area contributed by atoms with E-state index < -0.39 is 0 Å². The molecule has 1 heterocycles. The van der Waals surface area contributed by atoms with Crippen molar-refractivity contribution in [2.75, 3.05) is 12.4 Å². The summed E-state index contributed by atoms with van der Waals surface area (Å²) in [5.74, 6) is 0.590. The SMILES string of the molecule is ClC/C=C/CNCc1cc(Br)cs1. The molecule has 1 nitrogen and oxygen atoms in total. The molecule has 1 aromatic heterocycles. The highest BCUT2D eigenvalue weighted by molar-refractivity contribution is 9.10. The molecule has 0 saturated heterocycles. The van der Waals surface area contributed by atoms with Crippen LogP contribution in [0.25, 0.3) is 0 Å². The molecule has 72 valence electrons. The minimum atomic E-state index is 0.590. The van der Waals surface area contributed by atoms with Crippen molar-refractivity contribution in [1.82, 2.24) is 5.32 Å². The van der Waals surface area contributed by atoms with E-state index in [1.54, 1.807) is 11.3 Å². The van der Waals surface area contributed by atoms with E-state index in [2.05, 4.69) is 32.7 Å². The Balaban J connectivity index is 2.16. The fourth-order valence-corrected chi connectivity index (χ4v) is 2.42. The summed E-state index contributed by atoms with van der Waals surface area (Å²) < 4.78 is 1.16. The fraction of sp³-hybridized carbons (Fsp3) is 0.333. The zero-order valence-corrected chi connectivity index (χ0v) is 10.3. The lowest BCUT2D eigenvalue weighted by Gasteiger charge is -1.96. The molecule has 0 radical (unpaired) electrons. The number of alkyl halides is 1. The van der Waals surface area contributed by atoms with Crippen molar-refractivity contribution in [2.45, 2.75) is 6.54 Å². The van der Waals surface area contributed by atoms with E-state index in [4.69, 9.17) is 11.6 Å². The Morgan fingerprint density at radius 3 is 3.00 bits per heavy atom. The van der Waals surface area contributed by atoms with Crippen LogP contribution in [0.4, 0.5) is 0 Å². The van der Waals surface area contributed by atoms with Gasteiger partial charge >= 0.3 is 0 Å². The van der Waals surface area contributed by atoms with Gasteiger partial charge in [-0.05, 0) is 22.0 Å². The van der Waals surface area contributed by atoms with Crippen LogP contribution >= 0.6 is 38.9 Å². The molecule has 0 fully saturated rings. The van der Waals surface area contributed by atoms with Crippen molar-refractivity contribution in [2.24, 2.45) is 0 Å². The molecule has 0 unspecified atom stereocenters. The maximum absolute atomic E-state index is 5.48. The van der Waals surface area contributed by atoms with Gasteiger partial charge in [-0.1, -0.05) is 12.2 Å². The molecule has 13 heavy (non-hydrogen) atoms. The standard InChI is InChI=1S/C9H11BrClNS/c10-8-5-9(13-7-8)6-12-4-2-1-3-11/h1-2,5,7,12H,3-4,6H2/b2-1+. The van der Waals surface area contributed by atoms with Crippen LogP contribution in [0, 0.1) is 0 Å². The van der Waals surface area contributed by atoms with Gasteiger partial charge in [0.2, 0.25) is 0 Å². The Morgan fingerprint density at radius 1 is 1.54 bits per heavy atom. The molecule has 0 aliphatic rings. The number of hydrogen-bond donors (Lipinski definition) is 1. The summed E-state index contributed by atoms with van der Waals surface area (Å²) in [7, 11) is 0. The average Bonchev–Trinajstić information content (AvgIpc) is 2.51. The monoisotopic (exact) mass is 279 g/mol. The summed E-state index contributed by atoms with van der Waals surface area (Å²) in [5, 5.41) is 5.38. The predicted molar refractivity (Wildman–Crippen MR) is 63.6 cm³/mol. The third kappa shape index (κ3) is 4.81. The van der Waals surface area contributed by atoms with Crippen LogP contribution in [0.2, 0.25) is 0 Å². The van der Waals surface area contributed by atoms with E-state index in [9.17, 15) is 0 Å². The number of rotatable bonds is 5. The van der Waals surface area contributed by atoms with Crippen LogP contribution in [0.5, 0.6) is 0 Å². The second-order valence-corrected chi connectivity index (χ2v) is 4.71. The molecule has 0 aromatic carbocycles. The number of thiophene rings is 1. The fourth-order valence-electron chi connectivity index (χ4n) is 0.872. The first-order valence-corrected chi connectivity index (χ1v) is 6.18. The summed E-state index contributed by atoms with van der Waals surface area (Å²) in [6, 6.07) is 2.13. The lowest BCUT2D eigenvalue weighted by Crippen LogP contribution is -2.11. The second kappa shape index (κ2) is 6.60. The highest BCUT2D eigenvalue weighted by Gasteiger charge is 1.94. The first kappa shape index (κ1) is 11.2. The lowest BCUT2D eigenvalue weighted by molar-refractivity contribution is 0.769. The molecule has 0 aliphatic heterocycles. The summed E-state index contributed by atoms with van der Waals surface area (Å²) >= 11 is 10.7. The highest BCUT2D eigenvalue weighted by Crippen LogP contribution is 2.19. The maximum Gasteiger partial charge on any atom is 0.0404 e. The summed E-state index contributed by atoms with van der Waals surface area (Å²) in [5.41, 5.74) is 0. The van der Waals surface area contributed by atoms with Crippen molar-refractivity contribution in [3.63, 3.8) is 0 Å². The van der Waals surface area contributed by atoms with E-state index in [1.807, 2.05) is 12.2 Å². The van der Waals surface area contributed by atoms with Crippen LogP contribution in [0.15, 0.2) is 28.1 Å². The van der Waals surface area contributed by atoms with Gasteiger partial charge in [-0.2, -0.15) is 0 Å². The number of nitrogens with one attached hydrogen (secondary N) is 1. The van der Waals surface area contributed by atoms with Crippen molar-refractivity contribution in [1.29, 1.82) is 0 Å². The first-order chi connectivity index (χ1) is 6.33. The van der Waals surface area contributed by atoms with Gasteiger partial charge in [0.1, 0.15) is 0 Å². The van der Waals surface area contributed by atoms with Gasteiger partial charge in [-0.25, -0.2) is 0 Å². The molecule has 0 atom stereocenters. The molecular weight excluding hydrogens is 270 g/mol. The lowest BCUT2D eigenvalue weighted by atomic mass is 10.4. The van der Waals surface area contributed by atoms with Crippen molar-refractivity contribution in [3.05, 3.63) is 32.9 Å². The van der Waals surface area contributed by atoms with Gasteiger partial charge in [0.25, 0.3) is 0 Å². The van der Waals surface area contributed by atoms with Gasteiger partial charge < -0.3 is 5.32 Å². The normalized spacial score (nSPS) is 11.2. The largest absolute Gasteiger partial charge is 0.308 e. The third-order valence-electron chi connectivity index (χ3n) is 1.44. The molecule has 0 saturated carbocycles. The quantitative estimate of drug-likeness (QED) is 0.495. The van der Waals surface area contributed by atoms with Crippen LogP contribution < -0.4 is 5.32 Å². The molecule has 0 aliphatic carbocycles. The molecule has 4 heteroatoms. The zero-order chi connectivity index (χ0) is 9.52. The second-order valence-electron chi connectivity index (χ2n) is 2.49. The smallest absolute Gasteiger partial charge is 0.0404 e. The Bertz CT molecular complexity index is 272. The van der Waals surface area contributed by atoms with Gasteiger partial charge in [0, 0.05) is 33.7 Å². The Labute approximate surface area is 95.9 Å². The van der Waals surface area contributed by atoms with Crippen molar-refractivity contribution in [3.8, 4) is 0 Å². The van der Waals surface area contributed by atoms with E-state index in [1.165, 1.54) is 4.88 Å². The molecule has 0 spiro atoms. The summed E-state index contributed by atoms with van der Waals surface area (Å²) in [6.07, 6.45) is 3.98. The minimum absolute atomic E-state index is 0.590. The summed E-state index contributed by atoms with van der Waals surface area (Å²) in [6.45, 7) is 1.80. The van der Waals surface area contributed by atoms with Gasteiger partial charge in [-0.15, -0.1) is 22.9 Å². The number of halogens is 2. The van der Waals surface area contributed by atoms with Gasteiger partial charge in [0.05, 0.1) is 0 Å². The number of hydrogen-bond acceptors (Lipinski definition) is 2. The van der Waals surface area contributed by atoms with Crippen LogP contribution in [-0.2, 0) is 6.54 Å². The van der Waals surface area contributed by atoms with Crippen molar-refractivity contribution < 1.29 is 0 Å². The van der Waals surface area contributed by atoms with Gasteiger partial charge in [-0.3, -0.25) is 0 Å². The molecular formula is C9H11BrClNS. The van der Waals surface area contributed by atoms with E-state index in [-0.39, 0.29) is 0 Å². The van der Waals surface area contributed by atoms with Crippen LogP contribution in [0.1, 0.15) is 4.88 Å². The molecule has 1 aromatic rings. The molecule has 1 N–H and O–H groups in total. The molecule has 1 rings (SSSR count). The zero-order valence-electron chi connectivity index (χ0n) is 7.09. The van der Waals surface area contributed by atoms with Crippen molar-refractivity contribution >= 4 is 38.9 Å². The predicted octanol–water partition coefficient (Wildman–Crippen LogP) is 3.40. The highest BCUT2D eigenvalue weighted by atomic mass is 79.9. The van der Waals surface area contributed by atoms with E-state index in [0.717, 1.165) is 17.6 Å². The topological polar surface area (TPSA) is 12.0 Å². The first-order valence-electron chi connectivity index (χ1n) is 3.97. The van der Waals surface area contributed by atoms with E-state index in [0.29, 0.717) is 5.88 Å². The Hall–Kier alpha value is 0.170. The van der Waals surface area contributed by atoms with Gasteiger partial charge in [0.15, 0.2) is 0 Å². The molecule has 0 bridgehead atoms. The van der Waals surface area contributed by atoms with Crippen LogP contribution in [-0.4, -0.2) is 12.4 Å². The third-order valence-corrected chi connectivity index (χ3v) is 3.31. The Kier molecular flexibility index (Phi) is 5.71. The summed E-state index contributed by atoms with van der Waals surface area (Å²) in [4.78, 5) is 1.34. The maximum atomic E-state index is 5.48.